The average molecular weight is 209 g/mol. The van der Waals surface area contributed by atoms with E-state index in [-0.39, 0.29) is 18.2 Å². The van der Waals surface area contributed by atoms with E-state index in [0.717, 1.165) is 12.1 Å². The summed E-state index contributed by atoms with van der Waals surface area (Å²) in [6.07, 6.45) is 8.41. The normalized spacial score (nSPS) is 21.0. The fourth-order valence-corrected chi connectivity index (χ4v) is 2.42. The molecule has 84 valence electrons. The second-order valence-corrected chi connectivity index (χ2v) is 4.41. The van der Waals surface area contributed by atoms with E-state index in [1.54, 1.807) is 6.20 Å². The number of hydrogen-bond donors (Lipinski definition) is 2. The highest BCUT2D eigenvalue weighted by Gasteiger charge is 2.38. The van der Waals surface area contributed by atoms with Gasteiger partial charge in [-0.1, -0.05) is 6.92 Å². The van der Waals surface area contributed by atoms with Crippen molar-refractivity contribution in [2.45, 2.75) is 44.2 Å². The van der Waals surface area contributed by atoms with Gasteiger partial charge in [-0.2, -0.15) is 0 Å². The number of imidazole rings is 1. The van der Waals surface area contributed by atoms with Gasteiger partial charge in [0.25, 0.3) is 0 Å². The quantitative estimate of drug-likeness (QED) is 0.782. The van der Waals surface area contributed by atoms with Crippen LogP contribution in [-0.4, -0.2) is 21.3 Å². The van der Waals surface area contributed by atoms with Crippen LogP contribution in [0.1, 0.15) is 44.3 Å². The van der Waals surface area contributed by atoms with Crippen molar-refractivity contribution in [3.63, 3.8) is 0 Å². The third-order valence-electron chi connectivity index (χ3n) is 3.70. The van der Waals surface area contributed by atoms with E-state index in [2.05, 4.69) is 16.5 Å². The average Bonchev–Trinajstić information content (AvgIpc) is 2.65. The summed E-state index contributed by atoms with van der Waals surface area (Å²) in [5.74, 6) is 0. The molecular weight excluding hydrogens is 190 g/mol. The van der Waals surface area contributed by atoms with Gasteiger partial charge in [-0.3, -0.25) is 0 Å². The van der Waals surface area contributed by atoms with Gasteiger partial charge in [0.05, 0.1) is 24.7 Å². The summed E-state index contributed by atoms with van der Waals surface area (Å²) in [5.41, 5.74) is 7.04. The summed E-state index contributed by atoms with van der Waals surface area (Å²) in [5, 5.41) is 9.09. The topological polar surface area (TPSA) is 64.1 Å². The fourth-order valence-electron chi connectivity index (χ4n) is 2.42. The maximum Gasteiger partial charge on any atom is 0.0953 e. The summed E-state index contributed by atoms with van der Waals surface area (Å²) in [6, 6.07) is -0.309. The van der Waals surface area contributed by atoms with Crippen LogP contribution in [0.4, 0.5) is 0 Å². The lowest BCUT2D eigenvalue weighted by Crippen LogP contribution is -2.41. The van der Waals surface area contributed by atoms with Crippen molar-refractivity contribution in [2.24, 2.45) is 5.73 Å². The number of hydrogen-bond acceptors (Lipinski definition) is 3. The molecule has 1 unspecified atom stereocenters. The Labute approximate surface area is 90.1 Å². The Bertz CT molecular complexity index is 325. The van der Waals surface area contributed by atoms with Gasteiger partial charge < -0.3 is 15.4 Å². The Morgan fingerprint density at radius 2 is 2.40 bits per heavy atom. The van der Waals surface area contributed by atoms with Crippen LogP contribution in [0.25, 0.3) is 0 Å². The maximum atomic E-state index is 9.09. The maximum absolute atomic E-state index is 9.09. The molecule has 0 spiro atoms. The van der Waals surface area contributed by atoms with Crippen LogP contribution in [0.5, 0.6) is 0 Å². The number of rotatable bonds is 4. The summed E-state index contributed by atoms with van der Waals surface area (Å²) >= 11 is 0. The molecule has 1 saturated carbocycles. The van der Waals surface area contributed by atoms with Crippen LogP contribution >= 0.6 is 0 Å². The van der Waals surface area contributed by atoms with Crippen molar-refractivity contribution in [3.05, 3.63) is 18.2 Å². The van der Waals surface area contributed by atoms with Gasteiger partial charge in [0, 0.05) is 11.7 Å². The molecule has 0 radical (unpaired) electrons. The van der Waals surface area contributed by atoms with Gasteiger partial charge in [-0.15, -0.1) is 0 Å². The van der Waals surface area contributed by atoms with E-state index in [1.165, 1.54) is 19.3 Å². The number of nitrogens with zero attached hydrogens (tertiary/aromatic N) is 2. The molecule has 1 aromatic rings. The Balaban J connectivity index is 2.31. The number of aromatic nitrogens is 2. The third kappa shape index (κ3) is 1.58. The minimum Gasteiger partial charge on any atom is -0.394 e. The summed E-state index contributed by atoms with van der Waals surface area (Å²) in [4.78, 5) is 4.16. The smallest absolute Gasteiger partial charge is 0.0953 e. The summed E-state index contributed by atoms with van der Waals surface area (Å²) in [7, 11) is 0. The van der Waals surface area contributed by atoms with Crippen molar-refractivity contribution in [2.75, 3.05) is 6.61 Å². The molecule has 1 aliphatic rings. The van der Waals surface area contributed by atoms with Crippen molar-refractivity contribution in [1.29, 1.82) is 0 Å². The summed E-state index contributed by atoms with van der Waals surface area (Å²) in [6.45, 7) is 2.18. The molecular formula is C11H19N3O. The molecule has 0 amide bonds. The lowest BCUT2D eigenvalue weighted by atomic mass is 9.74. The van der Waals surface area contributed by atoms with Crippen LogP contribution < -0.4 is 5.73 Å². The monoisotopic (exact) mass is 209 g/mol. The van der Waals surface area contributed by atoms with E-state index >= 15 is 0 Å². The molecule has 1 fully saturated rings. The first-order valence-electron chi connectivity index (χ1n) is 5.62. The van der Waals surface area contributed by atoms with Crippen molar-refractivity contribution in [3.8, 4) is 0 Å². The van der Waals surface area contributed by atoms with Gasteiger partial charge in [-0.25, -0.2) is 4.98 Å². The van der Waals surface area contributed by atoms with Crippen molar-refractivity contribution >= 4 is 0 Å². The minimum absolute atomic E-state index is 0.0223. The molecule has 1 heterocycles. The molecule has 1 aromatic heterocycles. The lowest BCUT2D eigenvalue weighted by Gasteiger charge is -2.44. The number of aliphatic hydroxyl groups excluding tert-OH is 1. The zero-order valence-electron chi connectivity index (χ0n) is 9.19. The first kappa shape index (κ1) is 10.6. The van der Waals surface area contributed by atoms with Gasteiger partial charge in [0.1, 0.15) is 0 Å². The SMILES string of the molecule is CCC1(n2cncc2C(N)CO)CCC1. The predicted molar refractivity (Wildman–Crippen MR) is 58.4 cm³/mol. The standard InChI is InChI=1S/C11H19N3O/c1-2-11(4-3-5-11)14-8-13-6-10(14)9(12)7-15/h6,8-9,15H,2-5,7,12H2,1H3. The van der Waals surface area contributed by atoms with Crippen molar-refractivity contribution in [1.82, 2.24) is 9.55 Å². The molecule has 2 rings (SSSR count). The van der Waals surface area contributed by atoms with E-state index in [4.69, 9.17) is 10.8 Å². The molecule has 0 saturated heterocycles. The molecule has 0 aromatic carbocycles. The summed E-state index contributed by atoms with van der Waals surface area (Å²) < 4.78 is 2.18. The molecule has 1 aliphatic carbocycles. The number of nitrogens with two attached hydrogens (primary N) is 1. The molecule has 0 bridgehead atoms. The van der Waals surface area contributed by atoms with E-state index < -0.39 is 0 Å². The third-order valence-corrected chi connectivity index (χ3v) is 3.70. The van der Waals surface area contributed by atoms with E-state index in [0.29, 0.717) is 0 Å². The highest BCUT2D eigenvalue weighted by molar-refractivity contribution is 5.11. The van der Waals surface area contributed by atoms with Gasteiger partial charge >= 0.3 is 0 Å². The highest BCUT2D eigenvalue weighted by Crippen LogP contribution is 2.43. The molecule has 3 N–H and O–H groups in total. The molecule has 1 atom stereocenters. The first-order valence-corrected chi connectivity index (χ1v) is 5.62. The van der Waals surface area contributed by atoms with Gasteiger partial charge in [0.2, 0.25) is 0 Å². The fraction of sp³-hybridized carbons (Fsp3) is 0.727. The molecule has 0 aliphatic heterocycles. The van der Waals surface area contributed by atoms with Crippen LogP contribution in [0.2, 0.25) is 0 Å². The Morgan fingerprint density at radius 3 is 2.87 bits per heavy atom. The first-order chi connectivity index (χ1) is 7.23. The van der Waals surface area contributed by atoms with E-state index in [9.17, 15) is 0 Å². The Hall–Kier alpha value is -0.870. The van der Waals surface area contributed by atoms with Gasteiger partial charge in [0.15, 0.2) is 0 Å². The second-order valence-electron chi connectivity index (χ2n) is 4.41. The second kappa shape index (κ2) is 3.94. The Morgan fingerprint density at radius 1 is 1.67 bits per heavy atom. The highest BCUT2D eigenvalue weighted by atomic mass is 16.3. The van der Waals surface area contributed by atoms with Crippen molar-refractivity contribution < 1.29 is 5.11 Å². The molecule has 4 nitrogen and oxygen atoms in total. The number of aliphatic hydroxyl groups is 1. The zero-order valence-corrected chi connectivity index (χ0v) is 9.19. The van der Waals surface area contributed by atoms with Crippen LogP contribution in [0.3, 0.4) is 0 Å². The molecule has 15 heavy (non-hydrogen) atoms. The predicted octanol–water partition coefficient (Wildman–Crippen LogP) is 1.16. The van der Waals surface area contributed by atoms with Crippen LogP contribution in [0.15, 0.2) is 12.5 Å². The van der Waals surface area contributed by atoms with E-state index in [1.807, 2.05) is 6.33 Å². The largest absolute Gasteiger partial charge is 0.394 e. The zero-order chi connectivity index (χ0) is 10.9. The van der Waals surface area contributed by atoms with Crippen LogP contribution in [0, 0.1) is 0 Å². The van der Waals surface area contributed by atoms with Crippen LogP contribution in [-0.2, 0) is 5.54 Å². The Kier molecular flexibility index (Phi) is 2.80. The van der Waals surface area contributed by atoms with Gasteiger partial charge in [-0.05, 0) is 25.7 Å². The lowest BCUT2D eigenvalue weighted by molar-refractivity contribution is 0.127. The molecule has 4 heteroatoms. The minimum atomic E-state index is -0.309.